The van der Waals surface area contributed by atoms with E-state index in [1.54, 1.807) is 0 Å². The lowest BCUT2D eigenvalue weighted by Crippen LogP contribution is -2.49. The highest BCUT2D eigenvalue weighted by atomic mass is 16.5. The first-order valence-electron chi connectivity index (χ1n) is 7.66. The fraction of sp³-hybridized carbons (Fsp3) is 0.688. The van der Waals surface area contributed by atoms with Gasteiger partial charge in [0.15, 0.2) is 0 Å². The van der Waals surface area contributed by atoms with Crippen LogP contribution in [-0.2, 0) is 11.3 Å². The Morgan fingerprint density at radius 2 is 2.25 bits per heavy atom. The third-order valence-electron chi connectivity index (χ3n) is 3.76. The molecule has 4 heteroatoms. The molecule has 0 aromatic carbocycles. The molecule has 0 saturated carbocycles. The quantitative estimate of drug-likeness (QED) is 0.897. The molecule has 1 saturated heterocycles. The first kappa shape index (κ1) is 15.3. The number of rotatable bonds is 5. The summed E-state index contributed by atoms with van der Waals surface area (Å²) in [5, 5.41) is 3.41. The van der Waals surface area contributed by atoms with E-state index in [9.17, 15) is 0 Å². The lowest BCUT2D eigenvalue weighted by atomic mass is 10.1. The molecule has 0 amide bonds. The zero-order valence-electron chi connectivity index (χ0n) is 13.1. The summed E-state index contributed by atoms with van der Waals surface area (Å²) >= 11 is 0. The minimum absolute atomic E-state index is 0.280. The van der Waals surface area contributed by atoms with Gasteiger partial charge in [-0.3, -0.25) is 0 Å². The van der Waals surface area contributed by atoms with Gasteiger partial charge in [0.05, 0.1) is 18.8 Å². The van der Waals surface area contributed by atoms with Crippen LogP contribution < -0.4 is 10.2 Å². The summed E-state index contributed by atoms with van der Waals surface area (Å²) in [6, 6.07) is 5.25. The van der Waals surface area contributed by atoms with Crippen LogP contribution in [0.2, 0.25) is 0 Å². The molecule has 0 spiro atoms. The van der Waals surface area contributed by atoms with E-state index in [2.05, 4.69) is 55.0 Å². The van der Waals surface area contributed by atoms with Crippen LogP contribution in [0.4, 0.5) is 5.82 Å². The number of anilines is 1. The standard InChI is InChI=1S/C16H27N3O/c1-5-15-11-20-13(4)10-19(15)16-7-6-14(9-18-16)8-17-12(2)3/h6-7,9,12-13,15,17H,5,8,10-11H2,1-4H3. The highest BCUT2D eigenvalue weighted by molar-refractivity contribution is 5.41. The Morgan fingerprint density at radius 1 is 1.45 bits per heavy atom. The number of nitrogens with zero attached hydrogens (tertiary/aromatic N) is 2. The van der Waals surface area contributed by atoms with E-state index in [1.165, 1.54) is 5.56 Å². The summed E-state index contributed by atoms with van der Waals surface area (Å²) in [5.41, 5.74) is 1.23. The van der Waals surface area contributed by atoms with Crippen molar-refractivity contribution in [2.45, 2.75) is 58.8 Å². The van der Waals surface area contributed by atoms with Crippen molar-refractivity contribution < 1.29 is 4.74 Å². The van der Waals surface area contributed by atoms with E-state index in [0.29, 0.717) is 12.1 Å². The Morgan fingerprint density at radius 3 is 2.85 bits per heavy atom. The first-order chi connectivity index (χ1) is 9.60. The summed E-state index contributed by atoms with van der Waals surface area (Å²) < 4.78 is 5.74. The minimum atomic E-state index is 0.280. The summed E-state index contributed by atoms with van der Waals surface area (Å²) in [6.07, 6.45) is 3.35. The van der Waals surface area contributed by atoms with Gasteiger partial charge in [-0.25, -0.2) is 4.98 Å². The van der Waals surface area contributed by atoms with Crippen molar-refractivity contribution in [1.82, 2.24) is 10.3 Å². The predicted octanol–water partition coefficient (Wildman–Crippen LogP) is 2.58. The number of ether oxygens (including phenoxy) is 1. The Balaban J connectivity index is 2.03. The number of nitrogens with one attached hydrogen (secondary N) is 1. The SMILES string of the molecule is CCC1COC(C)CN1c1ccc(CNC(C)C)cn1. The third-order valence-corrected chi connectivity index (χ3v) is 3.76. The summed E-state index contributed by atoms with van der Waals surface area (Å²) in [6.45, 7) is 11.2. The second kappa shape index (κ2) is 7.04. The van der Waals surface area contributed by atoms with E-state index in [4.69, 9.17) is 4.74 Å². The molecular weight excluding hydrogens is 250 g/mol. The Hall–Kier alpha value is -1.13. The van der Waals surface area contributed by atoms with Crippen LogP contribution in [0.3, 0.4) is 0 Å². The van der Waals surface area contributed by atoms with Gasteiger partial charge in [-0.2, -0.15) is 0 Å². The lowest BCUT2D eigenvalue weighted by molar-refractivity contribution is 0.0296. The number of aromatic nitrogens is 1. The number of hydrogen-bond donors (Lipinski definition) is 1. The van der Waals surface area contributed by atoms with E-state index >= 15 is 0 Å². The van der Waals surface area contributed by atoms with Crippen molar-refractivity contribution in [3.63, 3.8) is 0 Å². The molecular formula is C16H27N3O. The van der Waals surface area contributed by atoms with Crippen LogP contribution in [0.25, 0.3) is 0 Å². The fourth-order valence-corrected chi connectivity index (χ4v) is 2.48. The van der Waals surface area contributed by atoms with Gasteiger partial charge >= 0.3 is 0 Å². The zero-order chi connectivity index (χ0) is 14.5. The highest BCUT2D eigenvalue weighted by Crippen LogP contribution is 2.21. The van der Waals surface area contributed by atoms with Crippen LogP contribution in [0.1, 0.15) is 39.7 Å². The van der Waals surface area contributed by atoms with Gasteiger partial charge in [-0.15, -0.1) is 0 Å². The average molecular weight is 277 g/mol. The smallest absolute Gasteiger partial charge is 0.128 e. The minimum Gasteiger partial charge on any atom is -0.375 e. The maximum atomic E-state index is 5.74. The molecule has 1 aromatic rings. The van der Waals surface area contributed by atoms with Crippen molar-refractivity contribution in [2.24, 2.45) is 0 Å². The molecule has 20 heavy (non-hydrogen) atoms. The van der Waals surface area contributed by atoms with E-state index < -0.39 is 0 Å². The lowest BCUT2D eigenvalue weighted by Gasteiger charge is -2.39. The molecule has 1 aliphatic heterocycles. The molecule has 1 aromatic heterocycles. The largest absolute Gasteiger partial charge is 0.375 e. The van der Waals surface area contributed by atoms with Crippen LogP contribution in [0.5, 0.6) is 0 Å². The van der Waals surface area contributed by atoms with Crippen LogP contribution >= 0.6 is 0 Å². The van der Waals surface area contributed by atoms with Crippen LogP contribution in [0.15, 0.2) is 18.3 Å². The number of hydrogen-bond acceptors (Lipinski definition) is 4. The Labute approximate surface area is 122 Å². The molecule has 4 nitrogen and oxygen atoms in total. The Bertz CT molecular complexity index is 405. The predicted molar refractivity (Wildman–Crippen MR) is 83.1 cm³/mol. The fourth-order valence-electron chi connectivity index (χ4n) is 2.48. The molecule has 2 unspecified atom stereocenters. The van der Waals surface area contributed by atoms with Gasteiger partial charge in [0, 0.05) is 25.3 Å². The molecule has 2 rings (SSSR count). The van der Waals surface area contributed by atoms with Crippen molar-refractivity contribution in [1.29, 1.82) is 0 Å². The van der Waals surface area contributed by atoms with Crippen molar-refractivity contribution in [3.8, 4) is 0 Å². The molecule has 1 fully saturated rings. The average Bonchev–Trinajstić information content (AvgIpc) is 2.45. The molecule has 112 valence electrons. The Kier molecular flexibility index (Phi) is 5.38. The van der Waals surface area contributed by atoms with Gasteiger partial charge in [0.2, 0.25) is 0 Å². The third kappa shape index (κ3) is 3.93. The van der Waals surface area contributed by atoms with Crippen LogP contribution in [-0.4, -0.2) is 36.3 Å². The van der Waals surface area contributed by atoms with Gasteiger partial charge in [-0.1, -0.05) is 26.8 Å². The first-order valence-corrected chi connectivity index (χ1v) is 7.66. The summed E-state index contributed by atoms with van der Waals surface area (Å²) in [7, 11) is 0. The normalized spacial score (nSPS) is 23.4. The summed E-state index contributed by atoms with van der Waals surface area (Å²) in [4.78, 5) is 7.03. The molecule has 1 aliphatic rings. The van der Waals surface area contributed by atoms with E-state index in [1.807, 2.05) is 6.20 Å². The van der Waals surface area contributed by atoms with E-state index in [-0.39, 0.29) is 6.10 Å². The number of pyridine rings is 1. The van der Waals surface area contributed by atoms with Gasteiger partial charge in [-0.05, 0) is 25.0 Å². The van der Waals surface area contributed by atoms with Gasteiger partial charge < -0.3 is 15.0 Å². The molecule has 2 atom stereocenters. The topological polar surface area (TPSA) is 37.4 Å². The monoisotopic (exact) mass is 277 g/mol. The van der Waals surface area contributed by atoms with Crippen molar-refractivity contribution in [3.05, 3.63) is 23.9 Å². The summed E-state index contributed by atoms with van der Waals surface area (Å²) in [5.74, 6) is 1.07. The van der Waals surface area contributed by atoms with Crippen LogP contribution in [0, 0.1) is 0 Å². The molecule has 2 heterocycles. The highest BCUT2D eigenvalue weighted by Gasteiger charge is 2.26. The number of morpholine rings is 1. The van der Waals surface area contributed by atoms with Gasteiger partial charge in [0.25, 0.3) is 0 Å². The second-order valence-electron chi connectivity index (χ2n) is 5.92. The van der Waals surface area contributed by atoms with E-state index in [0.717, 1.165) is 31.9 Å². The second-order valence-corrected chi connectivity index (χ2v) is 5.92. The maximum absolute atomic E-state index is 5.74. The maximum Gasteiger partial charge on any atom is 0.128 e. The molecule has 1 N–H and O–H groups in total. The molecule has 0 bridgehead atoms. The van der Waals surface area contributed by atoms with Crippen molar-refractivity contribution in [2.75, 3.05) is 18.1 Å². The zero-order valence-corrected chi connectivity index (χ0v) is 13.1. The van der Waals surface area contributed by atoms with Gasteiger partial charge in [0.1, 0.15) is 5.82 Å². The molecule has 0 aliphatic carbocycles. The van der Waals surface area contributed by atoms with Crippen molar-refractivity contribution >= 4 is 5.82 Å². The molecule has 0 radical (unpaired) electrons.